The van der Waals surface area contributed by atoms with Crippen LogP contribution in [0.15, 0.2) is 53.9 Å². The van der Waals surface area contributed by atoms with Gasteiger partial charge in [-0.2, -0.15) is 12.6 Å². The summed E-state index contributed by atoms with van der Waals surface area (Å²) in [5.74, 6) is 0. The normalized spacial score (nSPS) is 13.8. The van der Waals surface area contributed by atoms with Crippen molar-refractivity contribution in [3.8, 4) is 0 Å². The third-order valence-electron chi connectivity index (χ3n) is 2.39. The van der Waals surface area contributed by atoms with E-state index in [1.165, 1.54) is 11.8 Å². The maximum atomic E-state index is 11.2. The van der Waals surface area contributed by atoms with Gasteiger partial charge in [0.15, 0.2) is 0 Å². The first-order valence-corrected chi connectivity index (χ1v) is 6.82. The summed E-state index contributed by atoms with van der Waals surface area (Å²) in [6.07, 6.45) is 6.03. The van der Waals surface area contributed by atoms with Crippen LogP contribution in [0.5, 0.6) is 0 Å². The number of carbonyl (C=O) groups excluding carboxylic acids is 1. The first-order valence-electron chi connectivity index (χ1n) is 5.42. The molecule has 2 heterocycles. The van der Waals surface area contributed by atoms with E-state index in [0.29, 0.717) is 0 Å². The number of aldehydes is 1. The molecule has 0 radical (unpaired) electrons. The van der Waals surface area contributed by atoms with Crippen LogP contribution in [0.2, 0.25) is 0 Å². The Morgan fingerprint density at radius 3 is 2.56 bits per heavy atom. The molecule has 5 heteroatoms. The monoisotopic (exact) mass is 276 g/mol. The Bertz CT molecular complexity index is 493. The van der Waals surface area contributed by atoms with E-state index in [1.807, 2.05) is 30.3 Å². The van der Waals surface area contributed by atoms with Gasteiger partial charge in [-0.1, -0.05) is 17.8 Å². The molecule has 92 valence electrons. The number of hydrogen-bond acceptors (Lipinski definition) is 5. The van der Waals surface area contributed by atoms with E-state index in [9.17, 15) is 4.79 Å². The average molecular weight is 276 g/mol. The summed E-state index contributed by atoms with van der Waals surface area (Å²) in [6.45, 7) is 0. The topological polar surface area (TPSA) is 42.9 Å². The van der Waals surface area contributed by atoms with E-state index in [0.717, 1.165) is 16.9 Å². The summed E-state index contributed by atoms with van der Waals surface area (Å²) in [4.78, 5) is 19.4. The fourth-order valence-corrected chi connectivity index (χ4v) is 2.80. The number of nitrogens with zero attached hydrogens (tertiary/aromatic N) is 2. The van der Waals surface area contributed by atoms with Crippen molar-refractivity contribution in [1.29, 1.82) is 0 Å². The zero-order chi connectivity index (χ0) is 12.8. The van der Waals surface area contributed by atoms with Crippen molar-refractivity contribution < 1.29 is 4.79 Å². The third-order valence-corrected chi connectivity index (χ3v) is 4.35. The number of pyridine rings is 2. The largest absolute Gasteiger partial charge is 0.302 e. The molecule has 0 N–H and O–H groups in total. The SMILES string of the molecule is O=CC(Sc1ccccn1)C(S)c1ccncc1. The summed E-state index contributed by atoms with van der Waals surface area (Å²) in [5, 5.41) is 0.380. The fraction of sp³-hybridized carbons (Fsp3) is 0.154. The highest BCUT2D eigenvalue weighted by atomic mass is 32.2. The van der Waals surface area contributed by atoms with Crippen molar-refractivity contribution in [1.82, 2.24) is 9.97 Å². The van der Waals surface area contributed by atoms with E-state index in [2.05, 4.69) is 22.6 Å². The quantitative estimate of drug-likeness (QED) is 0.518. The van der Waals surface area contributed by atoms with Gasteiger partial charge in [-0.05, 0) is 29.8 Å². The molecule has 0 aliphatic rings. The van der Waals surface area contributed by atoms with Crippen molar-refractivity contribution in [2.24, 2.45) is 0 Å². The van der Waals surface area contributed by atoms with Crippen LogP contribution in [0.25, 0.3) is 0 Å². The molecule has 0 amide bonds. The van der Waals surface area contributed by atoms with Gasteiger partial charge in [-0.15, -0.1) is 0 Å². The molecule has 2 unspecified atom stereocenters. The Morgan fingerprint density at radius 1 is 1.17 bits per heavy atom. The number of hydrogen-bond donors (Lipinski definition) is 1. The van der Waals surface area contributed by atoms with E-state index < -0.39 is 0 Å². The van der Waals surface area contributed by atoms with Gasteiger partial charge in [0.25, 0.3) is 0 Å². The molecule has 0 saturated carbocycles. The second kappa shape index (κ2) is 6.56. The predicted molar refractivity (Wildman–Crippen MR) is 75.9 cm³/mol. The number of thiol groups is 1. The van der Waals surface area contributed by atoms with Crippen molar-refractivity contribution in [3.63, 3.8) is 0 Å². The molecule has 2 atom stereocenters. The summed E-state index contributed by atoms with van der Waals surface area (Å²) in [7, 11) is 0. The van der Waals surface area contributed by atoms with Gasteiger partial charge in [0.05, 0.1) is 10.3 Å². The van der Waals surface area contributed by atoms with Crippen LogP contribution in [-0.2, 0) is 4.79 Å². The second-order valence-electron chi connectivity index (χ2n) is 3.61. The molecule has 3 nitrogen and oxygen atoms in total. The summed E-state index contributed by atoms with van der Waals surface area (Å²) in [6, 6.07) is 9.37. The van der Waals surface area contributed by atoms with E-state index in [-0.39, 0.29) is 10.5 Å². The first-order chi connectivity index (χ1) is 8.81. The second-order valence-corrected chi connectivity index (χ2v) is 5.37. The molecule has 0 bridgehead atoms. The predicted octanol–water partition coefficient (Wildman–Crippen LogP) is 2.81. The smallest absolute Gasteiger partial charge is 0.134 e. The lowest BCUT2D eigenvalue weighted by molar-refractivity contribution is -0.107. The third kappa shape index (κ3) is 3.34. The summed E-state index contributed by atoms with van der Waals surface area (Å²) in [5.41, 5.74) is 0.980. The summed E-state index contributed by atoms with van der Waals surface area (Å²) >= 11 is 5.93. The van der Waals surface area contributed by atoms with Crippen LogP contribution in [0, 0.1) is 0 Å². The van der Waals surface area contributed by atoms with Gasteiger partial charge < -0.3 is 4.79 Å². The van der Waals surface area contributed by atoms with Crippen molar-refractivity contribution in [2.45, 2.75) is 15.5 Å². The lowest BCUT2D eigenvalue weighted by Gasteiger charge is -2.17. The van der Waals surface area contributed by atoms with Gasteiger partial charge in [0.1, 0.15) is 6.29 Å². The van der Waals surface area contributed by atoms with Crippen LogP contribution >= 0.6 is 24.4 Å². The standard InChI is InChI=1S/C13H12N2OS2/c16-9-11(18-12-3-1-2-6-15-12)13(17)10-4-7-14-8-5-10/h1-9,11,13,17H. The lowest BCUT2D eigenvalue weighted by atomic mass is 10.1. The number of aromatic nitrogens is 2. The van der Waals surface area contributed by atoms with Gasteiger partial charge in [0.2, 0.25) is 0 Å². The van der Waals surface area contributed by atoms with E-state index in [4.69, 9.17) is 0 Å². The highest BCUT2D eigenvalue weighted by Gasteiger charge is 2.20. The highest BCUT2D eigenvalue weighted by Crippen LogP contribution is 2.33. The van der Waals surface area contributed by atoms with Gasteiger partial charge >= 0.3 is 0 Å². The molecule has 2 aromatic heterocycles. The van der Waals surface area contributed by atoms with Crippen LogP contribution in [0.3, 0.4) is 0 Å². The highest BCUT2D eigenvalue weighted by molar-refractivity contribution is 8.01. The molecule has 0 aromatic carbocycles. The van der Waals surface area contributed by atoms with Crippen LogP contribution in [0.1, 0.15) is 10.8 Å². The van der Waals surface area contributed by atoms with Gasteiger partial charge in [-0.3, -0.25) is 4.98 Å². The molecule has 0 fully saturated rings. The Labute approximate surface area is 115 Å². The fourth-order valence-electron chi connectivity index (χ4n) is 1.47. The molecule has 0 spiro atoms. The molecular weight excluding hydrogens is 264 g/mol. The minimum atomic E-state index is -0.273. The molecule has 2 rings (SSSR count). The minimum Gasteiger partial charge on any atom is -0.302 e. The first kappa shape index (κ1) is 13.1. The molecule has 0 aliphatic heterocycles. The zero-order valence-corrected chi connectivity index (χ0v) is 11.2. The average Bonchev–Trinajstić information content (AvgIpc) is 2.46. The van der Waals surface area contributed by atoms with E-state index >= 15 is 0 Å². The molecule has 18 heavy (non-hydrogen) atoms. The van der Waals surface area contributed by atoms with Crippen LogP contribution in [0.4, 0.5) is 0 Å². The number of thioether (sulfide) groups is 1. The van der Waals surface area contributed by atoms with Crippen LogP contribution < -0.4 is 0 Å². The van der Waals surface area contributed by atoms with Crippen molar-refractivity contribution in [2.75, 3.05) is 0 Å². The van der Waals surface area contributed by atoms with Crippen molar-refractivity contribution in [3.05, 3.63) is 54.5 Å². The molecular formula is C13H12N2OS2. The Morgan fingerprint density at radius 2 is 1.94 bits per heavy atom. The van der Waals surface area contributed by atoms with Gasteiger partial charge in [0, 0.05) is 23.8 Å². The molecule has 0 aliphatic carbocycles. The molecule has 0 saturated heterocycles. The Kier molecular flexibility index (Phi) is 4.78. The van der Waals surface area contributed by atoms with Gasteiger partial charge in [-0.25, -0.2) is 4.98 Å². The zero-order valence-electron chi connectivity index (χ0n) is 9.51. The van der Waals surface area contributed by atoms with Crippen molar-refractivity contribution >= 4 is 30.7 Å². The Balaban J connectivity index is 2.12. The van der Waals surface area contributed by atoms with Crippen LogP contribution in [-0.4, -0.2) is 21.5 Å². The maximum Gasteiger partial charge on any atom is 0.134 e. The maximum absolute atomic E-state index is 11.2. The minimum absolute atomic E-state index is 0.169. The Hall–Kier alpha value is -1.33. The summed E-state index contributed by atoms with van der Waals surface area (Å²) < 4.78 is 0. The number of carbonyl (C=O) groups is 1. The van der Waals surface area contributed by atoms with E-state index in [1.54, 1.807) is 18.6 Å². The molecule has 2 aromatic rings. The lowest BCUT2D eigenvalue weighted by Crippen LogP contribution is -2.12. The number of rotatable bonds is 5.